The monoisotopic (exact) mass is 226 g/mol. The van der Waals surface area contributed by atoms with E-state index in [1.807, 2.05) is 0 Å². The molecular weight excluding hydrogens is 212 g/mol. The Morgan fingerprint density at radius 2 is 2.06 bits per heavy atom. The van der Waals surface area contributed by atoms with Gasteiger partial charge in [0.05, 0.1) is 12.2 Å². The summed E-state index contributed by atoms with van der Waals surface area (Å²) < 4.78 is 0. The molecule has 0 aromatic heterocycles. The van der Waals surface area contributed by atoms with E-state index in [0.29, 0.717) is 5.56 Å². The van der Waals surface area contributed by atoms with Gasteiger partial charge in [-0.15, -0.1) is 0 Å². The van der Waals surface area contributed by atoms with Crippen LogP contribution in [0.5, 0.6) is 5.75 Å². The van der Waals surface area contributed by atoms with E-state index < -0.39 is 18.2 Å². The molecule has 1 atom stereocenters. The highest BCUT2D eigenvalue weighted by Gasteiger charge is 2.23. The maximum absolute atomic E-state index is 10.7. The van der Waals surface area contributed by atoms with Crippen LogP contribution in [0.4, 0.5) is 0 Å². The van der Waals surface area contributed by atoms with Gasteiger partial charge in [0.2, 0.25) is 0 Å². The zero-order valence-electron chi connectivity index (χ0n) is 8.84. The van der Waals surface area contributed by atoms with Crippen molar-refractivity contribution >= 4 is 5.97 Å². The van der Waals surface area contributed by atoms with Crippen molar-refractivity contribution in [2.45, 2.75) is 18.9 Å². The summed E-state index contributed by atoms with van der Waals surface area (Å²) in [5, 5.41) is 36.9. The van der Waals surface area contributed by atoms with Crippen molar-refractivity contribution in [3.05, 3.63) is 29.3 Å². The van der Waals surface area contributed by atoms with Gasteiger partial charge in [0.15, 0.2) is 0 Å². The fraction of sp³-hybridized carbons (Fsp3) is 0.364. The number of carboxylic acid groups (broad SMARTS) is 1. The van der Waals surface area contributed by atoms with Crippen LogP contribution in [0.25, 0.3) is 0 Å². The highest BCUT2D eigenvalue weighted by molar-refractivity contribution is 5.91. The predicted octanol–water partition coefficient (Wildman–Crippen LogP) is 0.376. The van der Waals surface area contributed by atoms with Crippen molar-refractivity contribution < 1.29 is 25.2 Å². The molecule has 5 nitrogen and oxygen atoms in total. The fourth-order valence-electron chi connectivity index (χ4n) is 1.37. The second-order valence-corrected chi connectivity index (χ2v) is 3.95. The Hall–Kier alpha value is -1.59. The highest BCUT2D eigenvalue weighted by atomic mass is 16.4. The van der Waals surface area contributed by atoms with Crippen LogP contribution in [0.3, 0.4) is 0 Å². The molecule has 0 spiro atoms. The van der Waals surface area contributed by atoms with Crippen LogP contribution in [0.1, 0.15) is 22.8 Å². The number of rotatable bonds is 4. The van der Waals surface area contributed by atoms with E-state index in [0.717, 1.165) is 0 Å². The average Bonchev–Trinajstić information content (AvgIpc) is 2.20. The minimum absolute atomic E-state index is 0.0174. The van der Waals surface area contributed by atoms with Gasteiger partial charge in [-0.2, -0.15) is 0 Å². The first-order valence-corrected chi connectivity index (χ1v) is 4.75. The van der Waals surface area contributed by atoms with Gasteiger partial charge >= 0.3 is 5.97 Å². The molecule has 1 aromatic rings. The van der Waals surface area contributed by atoms with E-state index >= 15 is 0 Å². The Labute approximate surface area is 92.6 Å². The van der Waals surface area contributed by atoms with E-state index in [9.17, 15) is 15.0 Å². The van der Waals surface area contributed by atoms with Gasteiger partial charge in [0.25, 0.3) is 0 Å². The van der Waals surface area contributed by atoms with Gasteiger partial charge in [-0.05, 0) is 18.6 Å². The second-order valence-electron chi connectivity index (χ2n) is 3.95. The smallest absolute Gasteiger partial charge is 0.339 e. The summed E-state index contributed by atoms with van der Waals surface area (Å²) in [5.41, 5.74) is -1.31. The first-order chi connectivity index (χ1) is 7.37. The van der Waals surface area contributed by atoms with E-state index in [4.69, 9.17) is 10.2 Å². The third-order valence-corrected chi connectivity index (χ3v) is 2.26. The number of carbonyl (C=O) groups is 1. The molecule has 0 amide bonds. The minimum Gasteiger partial charge on any atom is -0.507 e. The second kappa shape index (κ2) is 4.51. The zero-order chi connectivity index (χ0) is 12.3. The number of aliphatic hydroxyl groups excluding tert-OH is 1. The molecule has 0 saturated carbocycles. The normalized spacial score (nSPS) is 14.4. The molecule has 1 unspecified atom stereocenters. The molecule has 0 aliphatic carbocycles. The van der Waals surface area contributed by atoms with Crippen molar-refractivity contribution in [3.8, 4) is 5.75 Å². The summed E-state index contributed by atoms with van der Waals surface area (Å²) >= 11 is 0. The van der Waals surface area contributed by atoms with Crippen molar-refractivity contribution in [1.29, 1.82) is 0 Å². The molecular formula is C11H14O5. The SMILES string of the molecule is CC(O)(CO)Cc1cccc(C(=O)O)c1O. The van der Waals surface area contributed by atoms with Crippen molar-refractivity contribution in [2.75, 3.05) is 6.61 Å². The lowest BCUT2D eigenvalue weighted by atomic mass is 9.95. The summed E-state index contributed by atoms with van der Waals surface area (Å²) in [4.78, 5) is 10.7. The van der Waals surface area contributed by atoms with Crippen LogP contribution in [0, 0.1) is 0 Å². The number of aromatic carboxylic acids is 1. The Bertz CT molecular complexity index is 397. The maximum Gasteiger partial charge on any atom is 0.339 e. The summed E-state index contributed by atoms with van der Waals surface area (Å²) in [7, 11) is 0. The third-order valence-electron chi connectivity index (χ3n) is 2.26. The molecule has 0 fully saturated rings. The first-order valence-electron chi connectivity index (χ1n) is 4.75. The standard InChI is InChI=1S/C11H14O5/c1-11(16,6-12)5-7-3-2-4-8(9(7)13)10(14)15/h2-4,12-13,16H,5-6H2,1H3,(H,14,15). The highest BCUT2D eigenvalue weighted by Crippen LogP contribution is 2.26. The molecule has 0 aliphatic rings. The molecule has 0 heterocycles. The number of phenols is 1. The largest absolute Gasteiger partial charge is 0.507 e. The number of hydrogen-bond donors (Lipinski definition) is 4. The molecule has 0 saturated heterocycles. The lowest BCUT2D eigenvalue weighted by Crippen LogP contribution is -2.31. The molecule has 16 heavy (non-hydrogen) atoms. The van der Waals surface area contributed by atoms with Gasteiger partial charge in [-0.1, -0.05) is 12.1 Å². The van der Waals surface area contributed by atoms with Crippen LogP contribution < -0.4 is 0 Å². The van der Waals surface area contributed by atoms with E-state index in [1.165, 1.54) is 25.1 Å². The maximum atomic E-state index is 10.7. The third kappa shape index (κ3) is 2.71. The van der Waals surface area contributed by atoms with Gasteiger partial charge in [-0.25, -0.2) is 4.79 Å². The molecule has 0 aliphatic heterocycles. The number of para-hydroxylation sites is 1. The zero-order valence-corrected chi connectivity index (χ0v) is 8.84. The molecule has 5 heteroatoms. The first kappa shape index (κ1) is 12.5. The van der Waals surface area contributed by atoms with Gasteiger partial charge in [0, 0.05) is 6.42 Å². The quantitative estimate of drug-likeness (QED) is 0.595. The molecule has 0 bridgehead atoms. The molecule has 0 radical (unpaired) electrons. The average molecular weight is 226 g/mol. The van der Waals surface area contributed by atoms with Crippen LogP contribution >= 0.6 is 0 Å². The van der Waals surface area contributed by atoms with E-state index in [2.05, 4.69) is 0 Å². The number of aliphatic hydroxyl groups is 2. The lowest BCUT2D eigenvalue weighted by Gasteiger charge is -2.21. The van der Waals surface area contributed by atoms with Crippen LogP contribution in [0.2, 0.25) is 0 Å². The summed E-state index contributed by atoms with van der Waals surface area (Å²) in [5.74, 6) is -1.60. The summed E-state index contributed by atoms with van der Waals surface area (Å²) in [6.07, 6.45) is -0.0174. The van der Waals surface area contributed by atoms with Crippen molar-refractivity contribution in [3.63, 3.8) is 0 Å². The topological polar surface area (TPSA) is 98.0 Å². The van der Waals surface area contributed by atoms with E-state index in [1.54, 1.807) is 0 Å². The molecule has 1 rings (SSSR count). The number of hydrogen-bond acceptors (Lipinski definition) is 4. The Kier molecular flexibility index (Phi) is 3.51. The lowest BCUT2D eigenvalue weighted by molar-refractivity contribution is 0.00188. The Morgan fingerprint density at radius 1 is 1.44 bits per heavy atom. The predicted molar refractivity (Wildman–Crippen MR) is 56.5 cm³/mol. The molecule has 4 N–H and O–H groups in total. The fourth-order valence-corrected chi connectivity index (χ4v) is 1.37. The Morgan fingerprint density at radius 3 is 2.56 bits per heavy atom. The Balaban J connectivity index is 3.07. The minimum atomic E-state index is -1.38. The van der Waals surface area contributed by atoms with E-state index in [-0.39, 0.29) is 17.7 Å². The summed E-state index contributed by atoms with van der Waals surface area (Å²) in [6, 6.07) is 4.26. The van der Waals surface area contributed by atoms with Gasteiger partial charge in [-0.3, -0.25) is 0 Å². The van der Waals surface area contributed by atoms with Crippen LogP contribution in [-0.2, 0) is 6.42 Å². The number of carboxylic acids is 1. The molecule has 1 aromatic carbocycles. The van der Waals surface area contributed by atoms with Crippen LogP contribution in [0.15, 0.2) is 18.2 Å². The number of aromatic hydroxyl groups is 1. The van der Waals surface area contributed by atoms with Crippen molar-refractivity contribution in [2.24, 2.45) is 0 Å². The van der Waals surface area contributed by atoms with Crippen molar-refractivity contribution in [1.82, 2.24) is 0 Å². The molecule has 88 valence electrons. The number of benzene rings is 1. The summed E-state index contributed by atoms with van der Waals surface area (Å²) in [6.45, 7) is 0.934. The van der Waals surface area contributed by atoms with Gasteiger partial charge in [0.1, 0.15) is 11.3 Å². The van der Waals surface area contributed by atoms with Crippen LogP contribution in [-0.4, -0.2) is 38.6 Å². The van der Waals surface area contributed by atoms with Gasteiger partial charge < -0.3 is 20.4 Å².